The maximum atomic E-state index is 13.2. The molecule has 0 saturated carbocycles. The highest BCUT2D eigenvalue weighted by atomic mass is 32.1. The third-order valence-corrected chi connectivity index (χ3v) is 5.74. The third-order valence-electron chi connectivity index (χ3n) is 4.79. The van der Waals surface area contributed by atoms with E-state index in [2.05, 4.69) is 22.1 Å². The minimum absolute atomic E-state index is 0.00145. The van der Waals surface area contributed by atoms with Crippen molar-refractivity contribution in [3.63, 3.8) is 0 Å². The number of urea groups is 1. The highest BCUT2D eigenvalue weighted by Gasteiger charge is 2.32. The van der Waals surface area contributed by atoms with Crippen molar-refractivity contribution in [2.75, 3.05) is 33.7 Å². The number of amides is 3. The maximum absolute atomic E-state index is 13.2. The molecule has 0 spiro atoms. The van der Waals surface area contributed by atoms with Crippen LogP contribution in [-0.2, 0) is 6.54 Å². The Labute approximate surface area is 158 Å². The third kappa shape index (κ3) is 3.35. The molecule has 1 fully saturated rings. The summed E-state index contributed by atoms with van der Waals surface area (Å²) >= 11 is 1.66. The van der Waals surface area contributed by atoms with Crippen molar-refractivity contribution in [2.24, 2.45) is 0 Å². The predicted octanol–water partition coefficient (Wildman–Crippen LogP) is 3.11. The number of fused-ring (bicyclic) bond motifs is 1. The molecular formula is C19H26N4O2S. The van der Waals surface area contributed by atoms with E-state index in [1.54, 1.807) is 30.3 Å². The van der Waals surface area contributed by atoms with Crippen molar-refractivity contribution in [1.29, 1.82) is 0 Å². The van der Waals surface area contributed by atoms with E-state index in [9.17, 15) is 9.59 Å². The van der Waals surface area contributed by atoms with Gasteiger partial charge in [0.2, 0.25) is 0 Å². The second-order valence-electron chi connectivity index (χ2n) is 6.86. The Morgan fingerprint density at radius 1 is 1.35 bits per heavy atom. The first-order chi connectivity index (χ1) is 12.4. The van der Waals surface area contributed by atoms with E-state index in [0.717, 1.165) is 15.9 Å². The summed E-state index contributed by atoms with van der Waals surface area (Å²) in [6.07, 6.45) is 4.06. The molecule has 1 aliphatic heterocycles. The van der Waals surface area contributed by atoms with E-state index in [4.69, 9.17) is 0 Å². The molecule has 0 radical (unpaired) electrons. The standard InChI is InChI=1S/C19H26N4O2S/c1-5-6-8-23-16(12-15-7-11-26-18(15)23)17(24)21-9-10-22(14(2)13-21)19(25)20(3)4/h5-7,11-12,14H,8-10,13H2,1-4H3/b6-5-. The molecule has 6 nitrogen and oxygen atoms in total. The van der Waals surface area contributed by atoms with Crippen LogP contribution >= 0.6 is 11.3 Å². The first kappa shape index (κ1) is 18.5. The Hall–Kier alpha value is -2.28. The van der Waals surface area contributed by atoms with Crippen LogP contribution in [0.3, 0.4) is 0 Å². The van der Waals surface area contributed by atoms with Gasteiger partial charge in [-0.2, -0.15) is 0 Å². The van der Waals surface area contributed by atoms with E-state index in [-0.39, 0.29) is 18.0 Å². The van der Waals surface area contributed by atoms with Gasteiger partial charge in [-0.25, -0.2) is 4.79 Å². The van der Waals surface area contributed by atoms with Crippen molar-refractivity contribution in [1.82, 2.24) is 19.3 Å². The SMILES string of the molecule is C/C=C\Cn1c(C(=O)N2CCN(C(=O)N(C)C)C(C)C2)cc2ccsc21. The lowest BCUT2D eigenvalue weighted by Crippen LogP contribution is -2.57. The van der Waals surface area contributed by atoms with Gasteiger partial charge < -0.3 is 19.3 Å². The number of aromatic nitrogens is 1. The van der Waals surface area contributed by atoms with Gasteiger partial charge in [0.1, 0.15) is 10.5 Å². The first-order valence-corrected chi connectivity index (χ1v) is 9.77. The molecule has 3 amide bonds. The number of piperazine rings is 1. The molecule has 3 heterocycles. The van der Waals surface area contributed by atoms with E-state index >= 15 is 0 Å². The molecule has 0 N–H and O–H groups in total. The Kier molecular flexibility index (Phi) is 5.36. The molecule has 2 aromatic rings. The summed E-state index contributed by atoms with van der Waals surface area (Å²) in [6, 6.07) is 4.04. The van der Waals surface area contributed by atoms with E-state index in [1.807, 2.05) is 35.8 Å². The fraction of sp³-hybridized carbons (Fsp3) is 0.474. The van der Waals surface area contributed by atoms with Gasteiger partial charge in [0.15, 0.2) is 0 Å². The number of allylic oxidation sites excluding steroid dienone is 2. The molecule has 2 aromatic heterocycles. The highest BCUT2D eigenvalue weighted by Crippen LogP contribution is 2.27. The number of hydrogen-bond donors (Lipinski definition) is 0. The maximum Gasteiger partial charge on any atom is 0.319 e. The topological polar surface area (TPSA) is 48.8 Å². The minimum Gasteiger partial charge on any atom is -0.334 e. The number of hydrogen-bond acceptors (Lipinski definition) is 3. The fourth-order valence-electron chi connectivity index (χ4n) is 3.39. The number of carbonyl (C=O) groups excluding carboxylic acids is 2. The first-order valence-electron chi connectivity index (χ1n) is 8.89. The van der Waals surface area contributed by atoms with Crippen LogP contribution in [0.4, 0.5) is 4.79 Å². The molecule has 0 bridgehead atoms. The van der Waals surface area contributed by atoms with Crippen molar-refractivity contribution >= 4 is 33.5 Å². The van der Waals surface area contributed by atoms with Crippen molar-refractivity contribution in [3.05, 3.63) is 35.4 Å². The molecule has 140 valence electrons. The Morgan fingerprint density at radius 2 is 2.12 bits per heavy atom. The van der Waals surface area contributed by atoms with Crippen LogP contribution in [0, 0.1) is 0 Å². The zero-order valence-electron chi connectivity index (χ0n) is 15.8. The van der Waals surface area contributed by atoms with Gasteiger partial charge in [0, 0.05) is 51.7 Å². The molecule has 7 heteroatoms. The second-order valence-corrected chi connectivity index (χ2v) is 7.76. The van der Waals surface area contributed by atoms with Crippen molar-refractivity contribution < 1.29 is 9.59 Å². The van der Waals surface area contributed by atoms with Gasteiger partial charge >= 0.3 is 6.03 Å². The van der Waals surface area contributed by atoms with Gasteiger partial charge in [-0.05, 0) is 31.4 Å². The number of rotatable bonds is 3. The number of carbonyl (C=O) groups is 2. The summed E-state index contributed by atoms with van der Waals surface area (Å²) < 4.78 is 2.09. The summed E-state index contributed by atoms with van der Waals surface area (Å²) in [5.41, 5.74) is 0.726. The van der Waals surface area contributed by atoms with Crippen LogP contribution in [0.15, 0.2) is 29.7 Å². The summed E-state index contributed by atoms with van der Waals surface area (Å²) in [5.74, 6) is 0.0432. The zero-order chi connectivity index (χ0) is 18.8. The Bertz CT molecular complexity index is 836. The largest absolute Gasteiger partial charge is 0.334 e. The number of nitrogens with zero attached hydrogens (tertiary/aromatic N) is 4. The van der Waals surface area contributed by atoms with Gasteiger partial charge in [-0.3, -0.25) is 4.79 Å². The van der Waals surface area contributed by atoms with E-state index < -0.39 is 0 Å². The summed E-state index contributed by atoms with van der Waals surface area (Å²) in [4.78, 5) is 31.8. The van der Waals surface area contributed by atoms with Crippen LogP contribution in [0.5, 0.6) is 0 Å². The van der Waals surface area contributed by atoms with Crippen molar-refractivity contribution in [2.45, 2.75) is 26.4 Å². The van der Waals surface area contributed by atoms with Crippen molar-refractivity contribution in [3.8, 4) is 0 Å². The highest BCUT2D eigenvalue weighted by molar-refractivity contribution is 7.16. The molecule has 1 aliphatic rings. The second kappa shape index (κ2) is 7.53. The van der Waals surface area contributed by atoms with Gasteiger partial charge in [-0.1, -0.05) is 12.2 Å². The summed E-state index contributed by atoms with van der Waals surface area (Å²) in [6.45, 7) is 6.35. The molecule has 0 aliphatic carbocycles. The van der Waals surface area contributed by atoms with Crippen LogP contribution in [0.25, 0.3) is 10.2 Å². The lowest BCUT2D eigenvalue weighted by molar-refractivity contribution is 0.0543. The molecule has 0 aromatic carbocycles. The van der Waals surface area contributed by atoms with Crippen LogP contribution in [-0.4, -0.2) is 71.0 Å². The smallest absolute Gasteiger partial charge is 0.319 e. The molecule has 3 rings (SSSR count). The molecule has 1 unspecified atom stereocenters. The predicted molar refractivity (Wildman–Crippen MR) is 106 cm³/mol. The number of thiophene rings is 1. The lowest BCUT2D eigenvalue weighted by Gasteiger charge is -2.40. The van der Waals surface area contributed by atoms with Gasteiger partial charge in [0.25, 0.3) is 5.91 Å². The molecule has 1 saturated heterocycles. The molecular weight excluding hydrogens is 348 g/mol. The Morgan fingerprint density at radius 3 is 2.77 bits per heavy atom. The van der Waals surface area contributed by atoms with Crippen LogP contribution < -0.4 is 0 Å². The fourth-order valence-corrected chi connectivity index (χ4v) is 4.30. The summed E-state index contributed by atoms with van der Waals surface area (Å²) in [7, 11) is 3.51. The lowest BCUT2D eigenvalue weighted by atomic mass is 10.2. The molecule has 26 heavy (non-hydrogen) atoms. The van der Waals surface area contributed by atoms with Crippen LogP contribution in [0.2, 0.25) is 0 Å². The normalized spacial score (nSPS) is 18.1. The van der Waals surface area contributed by atoms with Crippen LogP contribution in [0.1, 0.15) is 24.3 Å². The summed E-state index contributed by atoms with van der Waals surface area (Å²) in [5, 5.41) is 3.16. The van der Waals surface area contributed by atoms with E-state index in [1.165, 1.54) is 0 Å². The van der Waals surface area contributed by atoms with Gasteiger partial charge in [0.05, 0.1) is 0 Å². The average molecular weight is 375 g/mol. The minimum atomic E-state index is 0.00145. The van der Waals surface area contributed by atoms with E-state index in [0.29, 0.717) is 26.2 Å². The zero-order valence-corrected chi connectivity index (χ0v) is 16.6. The molecule has 1 atom stereocenters. The quantitative estimate of drug-likeness (QED) is 0.775. The Balaban J connectivity index is 1.81. The monoisotopic (exact) mass is 374 g/mol. The van der Waals surface area contributed by atoms with Gasteiger partial charge in [-0.15, -0.1) is 11.3 Å². The average Bonchev–Trinajstić information content (AvgIpc) is 3.20.